The van der Waals surface area contributed by atoms with Crippen molar-refractivity contribution in [3.05, 3.63) is 34.1 Å². The van der Waals surface area contributed by atoms with Crippen molar-refractivity contribution in [2.45, 2.75) is 12.5 Å². The number of benzene rings is 1. The van der Waals surface area contributed by atoms with E-state index < -0.39 is 34.6 Å². The molecule has 0 saturated carbocycles. The maximum Gasteiger partial charge on any atom is 0.339 e. The fraction of sp³-hybridized carbons (Fsp3) is 0.300. The fourth-order valence-electron chi connectivity index (χ4n) is 1.01. The third kappa shape index (κ3) is 3.14. The Morgan fingerprint density at radius 3 is 2.67 bits per heavy atom. The highest BCUT2D eigenvalue weighted by molar-refractivity contribution is 5.76. The van der Waals surface area contributed by atoms with Crippen LogP contribution < -0.4 is 4.74 Å². The van der Waals surface area contributed by atoms with Gasteiger partial charge in [-0.15, -0.1) is 0 Å². The molecule has 1 aromatic carbocycles. The number of carboxylic acids is 1. The molecule has 18 heavy (non-hydrogen) atoms. The molecular formula is C10H10FNO6. The van der Waals surface area contributed by atoms with E-state index in [2.05, 4.69) is 0 Å². The summed E-state index contributed by atoms with van der Waals surface area (Å²) in [7, 11) is 0. The third-order valence-corrected chi connectivity index (χ3v) is 2.10. The van der Waals surface area contributed by atoms with Gasteiger partial charge in [0.05, 0.1) is 4.92 Å². The molecule has 0 spiro atoms. The molecule has 1 rings (SSSR count). The second-order valence-electron chi connectivity index (χ2n) is 3.74. The van der Waals surface area contributed by atoms with Gasteiger partial charge in [0, 0.05) is 12.1 Å². The summed E-state index contributed by atoms with van der Waals surface area (Å²) in [5, 5.41) is 28.3. The van der Waals surface area contributed by atoms with Gasteiger partial charge in [0.2, 0.25) is 5.82 Å². The normalized spacial score (nSPS) is 13.7. The van der Waals surface area contributed by atoms with E-state index in [1.54, 1.807) is 0 Å². The lowest BCUT2D eigenvalue weighted by molar-refractivity contribution is -0.387. The first-order valence-electron chi connectivity index (χ1n) is 4.76. The topological polar surface area (TPSA) is 110 Å². The average Bonchev–Trinajstić information content (AvgIpc) is 2.25. The first kappa shape index (κ1) is 13.8. The van der Waals surface area contributed by atoms with Gasteiger partial charge in [-0.25, -0.2) is 4.79 Å². The molecule has 98 valence electrons. The first-order valence-corrected chi connectivity index (χ1v) is 4.76. The van der Waals surface area contributed by atoms with Gasteiger partial charge in [-0.1, -0.05) is 0 Å². The number of nitro groups is 1. The quantitative estimate of drug-likeness (QED) is 0.601. The second kappa shape index (κ2) is 4.96. The van der Waals surface area contributed by atoms with Crippen molar-refractivity contribution in [3.8, 4) is 5.75 Å². The number of carbonyl (C=O) groups is 1. The molecule has 1 atom stereocenters. The summed E-state index contributed by atoms with van der Waals surface area (Å²) in [4.78, 5) is 20.0. The van der Waals surface area contributed by atoms with Crippen LogP contribution in [0.2, 0.25) is 0 Å². The Hall–Kier alpha value is -2.22. The van der Waals surface area contributed by atoms with Crippen molar-refractivity contribution < 1.29 is 29.1 Å². The van der Waals surface area contributed by atoms with Crippen LogP contribution in [-0.4, -0.2) is 33.3 Å². The fourth-order valence-corrected chi connectivity index (χ4v) is 1.01. The van der Waals surface area contributed by atoms with Crippen LogP contribution in [0, 0.1) is 15.9 Å². The number of aliphatic hydroxyl groups is 1. The minimum atomic E-state index is -2.13. The van der Waals surface area contributed by atoms with Crippen molar-refractivity contribution in [2.75, 3.05) is 6.61 Å². The van der Waals surface area contributed by atoms with E-state index in [1.807, 2.05) is 0 Å². The van der Waals surface area contributed by atoms with Crippen LogP contribution in [0.5, 0.6) is 5.75 Å². The van der Waals surface area contributed by atoms with Gasteiger partial charge in [-0.2, -0.15) is 4.39 Å². The van der Waals surface area contributed by atoms with Crippen molar-refractivity contribution in [1.29, 1.82) is 0 Å². The number of rotatable bonds is 5. The van der Waals surface area contributed by atoms with E-state index >= 15 is 0 Å². The lowest BCUT2D eigenvalue weighted by atomic mass is 10.1. The lowest BCUT2D eigenvalue weighted by Gasteiger charge is -2.18. The zero-order valence-electron chi connectivity index (χ0n) is 9.29. The van der Waals surface area contributed by atoms with Crippen molar-refractivity contribution in [1.82, 2.24) is 0 Å². The van der Waals surface area contributed by atoms with E-state index in [0.29, 0.717) is 0 Å². The summed E-state index contributed by atoms with van der Waals surface area (Å²) in [5.41, 5.74) is -2.84. The molecule has 0 radical (unpaired) electrons. The van der Waals surface area contributed by atoms with Gasteiger partial charge >= 0.3 is 11.7 Å². The van der Waals surface area contributed by atoms with Crippen LogP contribution >= 0.6 is 0 Å². The summed E-state index contributed by atoms with van der Waals surface area (Å²) in [5.74, 6) is -2.71. The van der Waals surface area contributed by atoms with Crippen LogP contribution in [0.1, 0.15) is 6.92 Å². The van der Waals surface area contributed by atoms with Crippen LogP contribution in [0.4, 0.5) is 10.1 Å². The molecule has 0 aliphatic rings. The Morgan fingerprint density at radius 1 is 1.61 bits per heavy atom. The molecule has 0 aliphatic carbocycles. The van der Waals surface area contributed by atoms with E-state index in [-0.39, 0.29) is 5.75 Å². The van der Waals surface area contributed by atoms with Gasteiger partial charge in [-0.05, 0) is 13.0 Å². The Labute approximate surface area is 101 Å². The number of nitrogens with zero attached hydrogens (tertiary/aromatic N) is 1. The summed E-state index contributed by atoms with van der Waals surface area (Å²) in [6, 6.07) is 2.75. The largest absolute Gasteiger partial charge is 0.490 e. The molecule has 0 aliphatic heterocycles. The monoisotopic (exact) mass is 259 g/mol. The Kier molecular flexibility index (Phi) is 3.82. The second-order valence-corrected chi connectivity index (χ2v) is 3.74. The average molecular weight is 259 g/mol. The predicted molar refractivity (Wildman–Crippen MR) is 56.8 cm³/mol. The molecular weight excluding hydrogens is 249 g/mol. The number of hydrogen-bond acceptors (Lipinski definition) is 5. The molecule has 1 aromatic rings. The predicted octanol–water partition coefficient (Wildman–Crippen LogP) is 0.948. The molecule has 2 N–H and O–H groups in total. The summed E-state index contributed by atoms with van der Waals surface area (Å²) in [6.07, 6.45) is 0. The SMILES string of the molecule is CC(O)(COc1ccc([N+](=O)[O-])c(F)c1)C(=O)O. The van der Waals surface area contributed by atoms with Gasteiger partial charge in [0.15, 0.2) is 5.60 Å². The Balaban J connectivity index is 2.79. The van der Waals surface area contributed by atoms with E-state index in [1.165, 1.54) is 0 Å². The highest BCUT2D eigenvalue weighted by Gasteiger charge is 2.31. The van der Waals surface area contributed by atoms with Crippen LogP contribution in [0.25, 0.3) is 0 Å². The van der Waals surface area contributed by atoms with Gasteiger partial charge in [0.25, 0.3) is 0 Å². The molecule has 7 nitrogen and oxygen atoms in total. The van der Waals surface area contributed by atoms with E-state index in [0.717, 1.165) is 25.1 Å². The maximum absolute atomic E-state index is 13.2. The van der Waals surface area contributed by atoms with Crippen molar-refractivity contribution in [3.63, 3.8) is 0 Å². The van der Waals surface area contributed by atoms with E-state index in [4.69, 9.17) is 9.84 Å². The van der Waals surface area contributed by atoms with Crippen molar-refractivity contribution >= 4 is 11.7 Å². The molecule has 0 amide bonds. The van der Waals surface area contributed by atoms with Crippen LogP contribution in [0.3, 0.4) is 0 Å². The number of aliphatic carboxylic acids is 1. The third-order valence-electron chi connectivity index (χ3n) is 2.10. The highest BCUT2D eigenvalue weighted by atomic mass is 19.1. The molecule has 0 heterocycles. The minimum absolute atomic E-state index is 0.111. The Morgan fingerprint density at radius 2 is 2.22 bits per heavy atom. The van der Waals surface area contributed by atoms with Gasteiger partial charge in [0.1, 0.15) is 12.4 Å². The molecule has 0 aromatic heterocycles. The zero-order valence-corrected chi connectivity index (χ0v) is 9.29. The Bertz CT molecular complexity index is 487. The minimum Gasteiger partial charge on any atom is -0.490 e. The highest BCUT2D eigenvalue weighted by Crippen LogP contribution is 2.23. The molecule has 0 saturated heterocycles. The lowest BCUT2D eigenvalue weighted by Crippen LogP contribution is -2.41. The number of hydrogen-bond donors (Lipinski definition) is 2. The van der Waals surface area contributed by atoms with Crippen LogP contribution in [-0.2, 0) is 4.79 Å². The standard InChI is InChI=1S/C10H10FNO6/c1-10(15,9(13)14)5-18-6-2-3-8(12(16)17)7(11)4-6/h2-4,15H,5H2,1H3,(H,13,14). The first-order chi connectivity index (χ1) is 8.24. The number of nitro benzene ring substituents is 1. The molecule has 1 unspecified atom stereocenters. The summed E-state index contributed by atoms with van der Waals surface area (Å²) < 4.78 is 18.0. The smallest absolute Gasteiger partial charge is 0.339 e. The molecule has 0 bridgehead atoms. The maximum atomic E-state index is 13.2. The van der Waals surface area contributed by atoms with Gasteiger partial charge < -0.3 is 14.9 Å². The number of carboxylic acid groups (broad SMARTS) is 1. The van der Waals surface area contributed by atoms with Crippen molar-refractivity contribution in [2.24, 2.45) is 0 Å². The zero-order chi connectivity index (χ0) is 13.9. The van der Waals surface area contributed by atoms with E-state index in [9.17, 15) is 24.4 Å². The molecule has 8 heteroatoms. The molecule has 0 fully saturated rings. The number of halogens is 1. The number of ether oxygens (including phenoxy) is 1. The van der Waals surface area contributed by atoms with Crippen LogP contribution in [0.15, 0.2) is 18.2 Å². The van der Waals surface area contributed by atoms with Gasteiger partial charge in [-0.3, -0.25) is 10.1 Å². The summed E-state index contributed by atoms with van der Waals surface area (Å²) >= 11 is 0. The summed E-state index contributed by atoms with van der Waals surface area (Å²) in [6.45, 7) is 0.399.